The van der Waals surface area contributed by atoms with Crippen molar-refractivity contribution in [3.05, 3.63) is 53.4 Å². The van der Waals surface area contributed by atoms with Crippen molar-refractivity contribution in [2.75, 3.05) is 28.4 Å². The quantitative estimate of drug-likeness (QED) is 0.618. The number of rotatable bonds is 9. The van der Waals surface area contributed by atoms with Crippen molar-refractivity contribution in [2.24, 2.45) is 0 Å². The molecule has 0 saturated carbocycles. The highest BCUT2D eigenvalue weighted by molar-refractivity contribution is 6.76. The third-order valence-corrected chi connectivity index (χ3v) is 11.2. The van der Waals surface area contributed by atoms with Crippen LogP contribution in [0.2, 0.25) is 13.1 Å². The predicted octanol–water partition coefficient (Wildman–Crippen LogP) is 2.48. The van der Waals surface area contributed by atoms with Crippen LogP contribution in [0.5, 0.6) is 0 Å². The zero-order valence-corrected chi connectivity index (χ0v) is 18.4. The van der Waals surface area contributed by atoms with Crippen molar-refractivity contribution >= 4 is 32.6 Å². The third kappa shape index (κ3) is 4.05. The first-order valence-electron chi connectivity index (χ1n) is 7.60. The highest BCUT2D eigenvalue weighted by Gasteiger charge is 2.45. The maximum absolute atomic E-state index is 5.72. The molecule has 1 aromatic rings. The Morgan fingerprint density at radius 1 is 0.875 bits per heavy atom. The molecule has 1 aromatic carbocycles. The molecule has 0 bridgehead atoms. The van der Waals surface area contributed by atoms with E-state index in [1.165, 1.54) is 0 Å². The van der Waals surface area contributed by atoms with Crippen LogP contribution < -0.4 is 5.19 Å². The van der Waals surface area contributed by atoms with Crippen LogP contribution in [0.1, 0.15) is 11.5 Å². The van der Waals surface area contributed by atoms with E-state index in [0.717, 1.165) is 21.1 Å². The van der Waals surface area contributed by atoms with E-state index in [1.54, 1.807) is 28.4 Å². The van der Waals surface area contributed by atoms with Crippen LogP contribution in [0, 0.1) is 0 Å². The molecule has 1 rings (SSSR count). The third-order valence-electron chi connectivity index (χ3n) is 4.69. The highest BCUT2D eigenvalue weighted by Crippen LogP contribution is 2.39. The normalized spacial score (nSPS) is 12.5. The van der Waals surface area contributed by atoms with Crippen LogP contribution in [0.15, 0.2) is 47.8 Å². The molecule has 0 heterocycles. The second-order valence-electron chi connectivity index (χ2n) is 5.78. The van der Waals surface area contributed by atoms with Gasteiger partial charge in [0, 0.05) is 34.4 Å². The number of benzene rings is 1. The maximum atomic E-state index is 5.72. The molecule has 0 saturated heterocycles. The van der Waals surface area contributed by atoms with Gasteiger partial charge in [0.25, 0.3) is 0 Å². The zero-order chi connectivity index (χ0) is 18.5. The second-order valence-corrected chi connectivity index (χ2v) is 13.0. The average molecular weight is 380 g/mol. The van der Waals surface area contributed by atoms with Crippen molar-refractivity contribution in [3.8, 4) is 0 Å². The molecule has 0 aliphatic heterocycles. The lowest BCUT2D eigenvalue weighted by molar-refractivity contribution is 0.253. The van der Waals surface area contributed by atoms with Crippen molar-refractivity contribution < 1.29 is 17.7 Å². The second kappa shape index (κ2) is 8.52. The van der Waals surface area contributed by atoms with E-state index in [1.807, 2.05) is 37.4 Å². The molecular formula is C17H27O4Si3. The van der Waals surface area contributed by atoms with Gasteiger partial charge in [0.2, 0.25) is 0 Å². The number of hydrogen-bond acceptors (Lipinski definition) is 4. The van der Waals surface area contributed by atoms with Crippen LogP contribution in [0.25, 0.3) is 0 Å². The standard InChI is InChI=1S/C17H27O4Si3/c1-13(23(7,18-3)19-4)17(14(2)24(8,20-5)21-6)15-11-9-10-12-16(15)22/h9-12,17H,1-2H2,3-8H3. The Labute approximate surface area is 151 Å². The van der Waals surface area contributed by atoms with Crippen LogP contribution in [-0.4, -0.2) is 55.8 Å². The summed E-state index contributed by atoms with van der Waals surface area (Å²) < 4.78 is 22.9. The lowest BCUT2D eigenvalue weighted by Crippen LogP contribution is -2.47. The average Bonchev–Trinajstić information content (AvgIpc) is 2.61. The van der Waals surface area contributed by atoms with Gasteiger partial charge < -0.3 is 17.7 Å². The molecule has 0 unspecified atom stereocenters. The molecule has 4 nitrogen and oxygen atoms in total. The summed E-state index contributed by atoms with van der Waals surface area (Å²) in [7, 11) is 5.12. The fourth-order valence-corrected chi connectivity index (χ4v) is 6.11. The van der Waals surface area contributed by atoms with Gasteiger partial charge in [-0.1, -0.05) is 42.6 Å². The summed E-state index contributed by atoms with van der Waals surface area (Å²) in [5.41, 5.74) is 1.05. The molecule has 0 spiro atoms. The van der Waals surface area contributed by atoms with Crippen molar-refractivity contribution in [3.63, 3.8) is 0 Å². The minimum Gasteiger partial charge on any atom is -0.395 e. The molecule has 7 heteroatoms. The van der Waals surface area contributed by atoms with Crippen molar-refractivity contribution in [2.45, 2.75) is 19.0 Å². The van der Waals surface area contributed by atoms with Crippen LogP contribution in [0.3, 0.4) is 0 Å². The predicted molar refractivity (Wildman–Crippen MR) is 104 cm³/mol. The molecule has 24 heavy (non-hydrogen) atoms. The van der Waals surface area contributed by atoms with E-state index in [4.69, 9.17) is 17.7 Å². The smallest absolute Gasteiger partial charge is 0.364 e. The van der Waals surface area contributed by atoms with Gasteiger partial charge in [0.1, 0.15) is 0 Å². The molecule has 0 aliphatic rings. The van der Waals surface area contributed by atoms with Gasteiger partial charge in [-0.05, 0) is 29.1 Å². The van der Waals surface area contributed by atoms with Gasteiger partial charge >= 0.3 is 17.1 Å². The van der Waals surface area contributed by atoms with E-state index in [2.05, 4.69) is 23.4 Å². The van der Waals surface area contributed by atoms with Crippen molar-refractivity contribution in [1.82, 2.24) is 0 Å². The summed E-state index contributed by atoms with van der Waals surface area (Å²) >= 11 is 0. The Kier molecular flexibility index (Phi) is 7.54. The van der Waals surface area contributed by atoms with Gasteiger partial charge in [-0.3, -0.25) is 0 Å². The van der Waals surface area contributed by atoms with E-state index in [-0.39, 0.29) is 5.92 Å². The fraction of sp³-hybridized carbons (Fsp3) is 0.412. The topological polar surface area (TPSA) is 36.9 Å². The van der Waals surface area contributed by atoms with Gasteiger partial charge in [0.05, 0.1) is 10.2 Å². The first-order chi connectivity index (χ1) is 11.2. The summed E-state index contributed by atoms with van der Waals surface area (Å²) in [6.45, 7) is 12.6. The summed E-state index contributed by atoms with van der Waals surface area (Å²) in [4.78, 5) is 0. The van der Waals surface area contributed by atoms with E-state index in [0.29, 0.717) is 0 Å². The van der Waals surface area contributed by atoms with Gasteiger partial charge in [-0.25, -0.2) is 0 Å². The Hall–Kier alpha value is -0.809. The SMILES string of the molecule is C=C(C(C(=C)[Si](C)(OC)OC)c1ccccc1[Si])[Si](C)(OC)OC. The minimum atomic E-state index is -2.60. The first-order valence-corrected chi connectivity index (χ1v) is 12.7. The summed E-state index contributed by atoms with van der Waals surface area (Å²) in [5, 5.41) is 2.71. The molecular weight excluding hydrogens is 352 g/mol. The molecule has 0 aromatic heterocycles. The van der Waals surface area contributed by atoms with Crippen molar-refractivity contribution in [1.29, 1.82) is 0 Å². The summed E-state index contributed by atoms with van der Waals surface area (Å²) in [6, 6.07) is 8.00. The Morgan fingerprint density at radius 2 is 1.25 bits per heavy atom. The fourth-order valence-electron chi connectivity index (χ4n) is 2.55. The number of hydrogen-bond donors (Lipinski definition) is 0. The molecule has 131 valence electrons. The van der Waals surface area contributed by atoms with Crippen LogP contribution in [-0.2, 0) is 17.7 Å². The molecule has 3 radical (unpaired) electrons. The summed E-state index contributed by atoms with van der Waals surface area (Å²) in [5.74, 6) is -0.188. The Morgan fingerprint density at radius 3 is 1.58 bits per heavy atom. The molecule has 0 fully saturated rings. The monoisotopic (exact) mass is 379 g/mol. The Balaban J connectivity index is 3.52. The van der Waals surface area contributed by atoms with E-state index in [9.17, 15) is 0 Å². The van der Waals surface area contributed by atoms with Gasteiger partial charge in [0.15, 0.2) is 0 Å². The lowest BCUT2D eigenvalue weighted by atomic mass is 9.98. The Bertz CT molecular complexity index is 565. The summed E-state index contributed by atoms with van der Waals surface area (Å²) in [6.07, 6.45) is 0. The number of allylic oxidation sites excluding steroid dienone is 2. The molecule has 0 amide bonds. The van der Waals surface area contributed by atoms with Crippen LogP contribution in [0.4, 0.5) is 0 Å². The maximum Gasteiger partial charge on any atom is 0.364 e. The van der Waals surface area contributed by atoms with Gasteiger partial charge in [-0.2, -0.15) is 0 Å². The van der Waals surface area contributed by atoms with E-state index >= 15 is 0 Å². The molecule has 0 atom stereocenters. The van der Waals surface area contributed by atoms with Gasteiger partial charge in [-0.15, -0.1) is 0 Å². The van der Waals surface area contributed by atoms with E-state index < -0.39 is 17.1 Å². The lowest BCUT2D eigenvalue weighted by Gasteiger charge is -2.37. The first kappa shape index (κ1) is 21.2. The van der Waals surface area contributed by atoms with Crippen LogP contribution >= 0.6 is 0 Å². The molecule has 0 N–H and O–H groups in total. The zero-order valence-electron chi connectivity index (χ0n) is 15.4. The largest absolute Gasteiger partial charge is 0.395 e. The molecule has 0 aliphatic carbocycles. The minimum absolute atomic E-state index is 0.188. The highest BCUT2D eigenvalue weighted by atomic mass is 28.4.